The summed E-state index contributed by atoms with van der Waals surface area (Å²) in [5, 5.41) is 3.86. The van der Waals surface area contributed by atoms with E-state index in [2.05, 4.69) is 5.32 Å². The van der Waals surface area contributed by atoms with E-state index in [0.29, 0.717) is 10.7 Å². The summed E-state index contributed by atoms with van der Waals surface area (Å²) in [4.78, 5) is 0. The second-order valence-electron chi connectivity index (χ2n) is 4.29. The van der Waals surface area contributed by atoms with Crippen LogP contribution in [-0.4, -0.2) is 0 Å². The van der Waals surface area contributed by atoms with Crippen LogP contribution in [0, 0.1) is 11.6 Å². The summed E-state index contributed by atoms with van der Waals surface area (Å²) in [6, 6.07) is 11.3. The molecule has 1 nitrogen and oxygen atoms in total. The first-order valence-electron chi connectivity index (χ1n) is 6.07. The molecule has 0 spiro atoms. The molecule has 0 aromatic heterocycles. The van der Waals surface area contributed by atoms with E-state index in [9.17, 15) is 8.78 Å². The molecule has 0 saturated heterocycles. The molecule has 0 aliphatic carbocycles. The number of benzene rings is 2. The molecule has 1 N–H and O–H groups in total. The van der Waals surface area contributed by atoms with Crippen molar-refractivity contribution in [3.8, 4) is 0 Å². The monoisotopic (exact) mass is 281 g/mol. The molecule has 1 atom stereocenters. The maximum atomic E-state index is 13.2. The van der Waals surface area contributed by atoms with E-state index in [1.165, 1.54) is 6.07 Å². The standard InChI is InChI=1S/C15H14ClF2N/c1-2-15(10-3-5-11(16)6-4-10)19-12-7-8-13(17)14(18)9-12/h3-9,15,19H,2H2,1H3. The predicted octanol–water partition coefficient (Wildman–Crippen LogP) is 5.18. The van der Waals surface area contributed by atoms with Crippen LogP contribution < -0.4 is 5.32 Å². The van der Waals surface area contributed by atoms with Crippen molar-refractivity contribution in [2.75, 3.05) is 5.32 Å². The lowest BCUT2D eigenvalue weighted by molar-refractivity contribution is 0.509. The lowest BCUT2D eigenvalue weighted by Crippen LogP contribution is -2.09. The van der Waals surface area contributed by atoms with Gasteiger partial charge in [-0.2, -0.15) is 0 Å². The molecule has 1 unspecified atom stereocenters. The number of anilines is 1. The lowest BCUT2D eigenvalue weighted by Gasteiger charge is -2.19. The van der Waals surface area contributed by atoms with Crippen LogP contribution in [0.4, 0.5) is 14.5 Å². The first-order valence-corrected chi connectivity index (χ1v) is 6.45. The minimum absolute atomic E-state index is 0.0297. The summed E-state index contributed by atoms with van der Waals surface area (Å²) < 4.78 is 26.0. The Morgan fingerprint density at radius 3 is 2.32 bits per heavy atom. The molecule has 0 radical (unpaired) electrons. The lowest BCUT2D eigenvalue weighted by atomic mass is 10.0. The van der Waals surface area contributed by atoms with Crippen LogP contribution in [0.2, 0.25) is 5.02 Å². The largest absolute Gasteiger partial charge is 0.378 e. The Balaban J connectivity index is 2.18. The maximum absolute atomic E-state index is 13.2. The topological polar surface area (TPSA) is 12.0 Å². The van der Waals surface area contributed by atoms with E-state index in [-0.39, 0.29) is 6.04 Å². The second kappa shape index (κ2) is 6.02. The number of rotatable bonds is 4. The quantitative estimate of drug-likeness (QED) is 0.814. The van der Waals surface area contributed by atoms with E-state index in [4.69, 9.17) is 11.6 Å². The third-order valence-corrected chi connectivity index (χ3v) is 3.19. The normalized spacial score (nSPS) is 12.2. The summed E-state index contributed by atoms with van der Waals surface area (Å²) in [7, 11) is 0. The van der Waals surface area contributed by atoms with Crippen molar-refractivity contribution in [2.45, 2.75) is 19.4 Å². The Morgan fingerprint density at radius 2 is 1.74 bits per heavy atom. The Hall–Kier alpha value is -1.61. The molecule has 0 bridgehead atoms. The predicted molar refractivity (Wildman–Crippen MR) is 74.5 cm³/mol. The molecule has 0 heterocycles. The fraction of sp³-hybridized carbons (Fsp3) is 0.200. The van der Waals surface area contributed by atoms with E-state index in [0.717, 1.165) is 24.1 Å². The van der Waals surface area contributed by atoms with E-state index in [1.807, 2.05) is 31.2 Å². The van der Waals surface area contributed by atoms with Gasteiger partial charge in [0.15, 0.2) is 11.6 Å². The first-order chi connectivity index (χ1) is 9.10. The third kappa shape index (κ3) is 3.44. The Bertz CT molecular complexity index is 555. The summed E-state index contributed by atoms with van der Waals surface area (Å²) in [5.74, 6) is -1.69. The highest BCUT2D eigenvalue weighted by atomic mass is 35.5. The van der Waals surface area contributed by atoms with Crippen LogP contribution >= 0.6 is 11.6 Å². The van der Waals surface area contributed by atoms with Crippen molar-refractivity contribution in [1.82, 2.24) is 0 Å². The number of hydrogen-bond donors (Lipinski definition) is 1. The van der Waals surface area contributed by atoms with Crippen LogP contribution in [0.25, 0.3) is 0 Å². The molecule has 0 amide bonds. The van der Waals surface area contributed by atoms with E-state index in [1.54, 1.807) is 0 Å². The Labute approximate surface area is 116 Å². The minimum Gasteiger partial charge on any atom is -0.378 e. The number of hydrogen-bond acceptors (Lipinski definition) is 1. The molecule has 19 heavy (non-hydrogen) atoms. The van der Waals surface area contributed by atoms with Crippen molar-refractivity contribution in [1.29, 1.82) is 0 Å². The zero-order valence-corrected chi connectivity index (χ0v) is 11.2. The number of halogens is 3. The fourth-order valence-electron chi connectivity index (χ4n) is 1.90. The molecule has 100 valence electrons. The average Bonchev–Trinajstić information content (AvgIpc) is 2.41. The van der Waals surface area contributed by atoms with Crippen LogP contribution in [0.5, 0.6) is 0 Å². The van der Waals surface area contributed by atoms with Crippen LogP contribution in [-0.2, 0) is 0 Å². The van der Waals surface area contributed by atoms with Crippen molar-refractivity contribution in [2.24, 2.45) is 0 Å². The highest BCUT2D eigenvalue weighted by molar-refractivity contribution is 6.30. The summed E-state index contributed by atoms with van der Waals surface area (Å²) in [6.07, 6.45) is 0.820. The fourth-order valence-corrected chi connectivity index (χ4v) is 2.03. The van der Waals surface area contributed by atoms with Crippen molar-refractivity contribution < 1.29 is 8.78 Å². The molecule has 0 aliphatic rings. The minimum atomic E-state index is -0.851. The van der Waals surface area contributed by atoms with Crippen LogP contribution in [0.1, 0.15) is 24.9 Å². The zero-order chi connectivity index (χ0) is 13.8. The molecule has 0 saturated carbocycles. The Kier molecular flexibility index (Phi) is 4.38. The van der Waals surface area contributed by atoms with Crippen LogP contribution in [0.3, 0.4) is 0 Å². The van der Waals surface area contributed by atoms with Gasteiger partial charge >= 0.3 is 0 Å². The summed E-state index contributed by atoms with van der Waals surface area (Å²) >= 11 is 5.85. The van der Waals surface area contributed by atoms with Gasteiger partial charge in [0.25, 0.3) is 0 Å². The summed E-state index contributed by atoms with van der Waals surface area (Å²) in [6.45, 7) is 2.02. The van der Waals surface area contributed by atoms with Gasteiger partial charge in [-0.3, -0.25) is 0 Å². The van der Waals surface area contributed by atoms with Crippen molar-refractivity contribution >= 4 is 17.3 Å². The highest BCUT2D eigenvalue weighted by Gasteiger charge is 2.10. The van der Waals surface area contributed by atoms with Gasteiger partial charge in [-0.1, -0.05) is 30.7 Å². The van der Waals surface area contributed by atoms with Gasteiger partial charge in [0.1, 0.15) is 0 Å². The van der Waals surface area contributed by atoms with Gasteiger partial charge in [-0.15, -0.1) is 0 Å². The average molecular weight is 282 g/mol. The Morgan fingerprint density at radius 1 is 1.05 bits per heavy atom. The van der Waals surface area contributed by atoms with Crippen molar-refractivity contribution in [3.63, 3.8) is 0 Å². The van der Waals surface area contributed by atoms with Crippen molar-refractivity contribution in [3.05, 3.63) is 64.7 Å². The molecule has 4 heteroatoms. The molecule has 2 rings (SSSR count). The molecular formula is C15H14ClF2N. The maximum Gasteiger partial charge on any atom is 0.160 e. The summed E-state index contributed by atoms with van der Waals surface area (Å²) in [5.41, 5.74) is 1.61. The molecule has 2 aromatic carbocycles. The van der Waals surface area contributed by atoms with Gasteiger partial charge in [0.2, 0.25) is 0 Å². The van der Waals surface area contributed by atoms with Gasteiger partial charge in [0.05, 0.1) is 6.04 Å². The molecule has 2 aromatic rings. The zero-order valence-electron chi connectivity index (χ0n) is 10.5. The van der Waals surface area contributed by atoms with Gasteiger partial charge in [-0.05, 0) is 36.2 Å². The molecule has 0 aliphatic heterocycles. The molecular weight excluding hydrogens is 268 g/mol. The smallest absolute Gasteiger partial charge is 0.160 e. The van der Waals surface area contributed by atoms with Crippen LogP contribution in [0.15, 0.2) is 42.5 Å². The SMILES string of the molecule is CCC(Nc1ccc(F)c(F)c1)c1ccc(Cl)cc1. The van der Waals surface area contributed by atoms with E-state index < -0.39 is 11.6 Å². The first kappa shape index (κ1) is 13.8. The third-order valence-electron chi connectivity index (χ3n) is 2.94. The van der Waals surface area contributed by atoms with Gasteiger partial charge in [-0.25, -0.2) is 8.78 Å². The highest BCUT2D eigenvalue weighted by Crippen LogP contribution is 2.24. The van der Waals surface area contributed by atoms with Gasteiger partial charge < -0.3 is 5.32 Å². The van der Waals surface area contributed by atoms with E-state index >= 15 is 0 Å². The second-order valence-corrected chi connectivity index (χ2v) is 4.72. The van der Waals surface area contributed by atoms with Gasteiger partial charge in [0, 0.05) is 16.8 Å². The molecule has 0 fully saturated rings. The number of nitrogens with one attached hydrogen (secondary N) is 1.